The maximum atomic E-state index is 6.42. The average Bonchev–Trinajstić information content (AvgIpc) is 3.26. The van der Waals surface area contributed by atoms with E-state index >= 15 is 0 Å². The molecule has 0 spiro atoms. The summed E-state index contributed by atoms with van der Waals surface area (Å²) < 4.78 is 11.3. The average molecular weight is 328 g/mol. The lowest BCUT2D eigenvalue weighted by atomic mass is 9.99. The molecule has 4 rings (SSSR count). The van der Waals surface area contributed by atoms with Gasteiger partial charge < -0.3 is 15.0 Å². The maximum Gasteiger partial charge on any atom is 0.257 e. The van der Waals surface area contributed by atoms with Gasteiger partial charge in [0.25, 0.3) is 5.89 Å². The third kappa shape index (κ3) is 3.22. The lowest BCUT2D eigenvalue weighted by Crippen LogP contribution is -2.38. The molecule has 1 unspecified atom stereocenters. The summed E-state index contributed by atoms with van der Waals surface area (Å²) in [6.07, 6.45) is 3.94. The van der Waals surface area contributed by atoms with Crippen LogP contribution in [0.25, 0.3) is 0 Å². The standard InChI is InChI=1S/C18H24N4O2/c19-18(8-4-5-9-18)17-20-16(24-21-17)15-13-22(10-11-23-15)12-14-6-2-1-3-7-14/h1-3,6-7,15H,4-5,8-13,19H2. The van der Waals surface area contributed by atoms with E-state index in [4.69, 9.17) is 15.0 Å². The minimum absolute atomic E-state index is 0.172. The van der Waals surface area contributed by atoms with Crippen LogP contribution in [-0.4, -0.2) is 34.7 Å². The van der Waals surface area contributed by atoms with Crippen LogP contribution in [0.1, 0.15) is 49.1 Å². The molecule has 1 aliphatic heterocycles. The lowest BCUT2D eigenvalue weighted by molar-refractivity contribution is -0.0475. The summed E-state index contributed by atoms with van der Waals surface area (Å²) in [4.78, 5) is 6.94. The van der Waals surface area contributed by atoms with Crippen LogP contribution in [0.3, 0.4) is 0 Å². The zero-order valence-corrected chi connectivity index (χ0v) is 13.9. The number of aromatic nitrogens is 2. The molecule has 2 aliphatic rings. The molecule has 2 heterocycles. The first-order chi connectivity index (χ1) is 11.7. The largest absolute Gasteiger partial charge is 0.366 e. The van der Waals surface area contributed by atoms with Crippen LogP contribution in [0.4, 0.5) is 0 Å². The number of nitrogens with zero attached hydrogens (tertiary/aromatic N) is 3. The van der Waals surface area contributed by atoms with E-state index in [1.807, 2.05) is 6.07 Å². The van der Waals surface area contributed by atoms with Crippen molar-refractivity contribution in [3.05, 3.63) is 47.6 Å². The zero-order valence-electron chi connectivity index (χ0n) is 13.9. The number of benzene rings is 1. The summed E-state index contributed by atoms with van der Waals surface area (Å²) in [6, 6.07) is 10.5. The number of hydrogen-bond acceptors (Lipinski definition) is 6. The van der Waals surface area contributed by atoms with Crippen molar-refractivity contribution in [2.45, 2.75) is 43.9 Å². The van der Waals surface area contributed by atoms with E-state index in [2.05, 4.69) is 39.3 Å². The normalized spacial score (nSPS) is 24.3. The molecule has 1 aliphatic carbocycles. The number of ether oxygens (including phenoxy) is 1. The zero-order chi connectivity index (χ0) is 16.4. The van der Waals surface area contributed by atoms with Gasteiger partial charge in [-0.05, 0) is 18.4 Å². The van der Waals surface area contributed by atoms with Crippen LogP contribution < -0.4 is 5.73 Å². The summed E-state index contributed by atoms with van der Waals surface area (Å²) in [5.41, 5.74) is 7.30. The van der Waals surface area contributed by atoms with Crippen LogP contribution in [0, 0.1) is 0 Å². The Bertz CT molecular complexity index is 667. The summed E-state index contributed by atoms with van der Waals surface area (Å²) in [5.74, 6) is 1.19. The first-order valence-electron chi connectivity index (χ1n) is 8.74. The van der Waals surface area contributed by atoms with E-state index < -0.39 is 5.54 Å². The third-order valence-corrected chi connectivity index (χ3v) is 5.06. The van der Waals surface area contributed by atoms with Gasteiger partial charge in [0.2, 0.25) is 0 Å². The Hall–Kier alpha value is -1.76. The number of hydrogen-bond donors (Lipinski definition) is 1. The Morgan fingerprint density at radius 1 is 1.21 bits per heavy atom. The van der Waals surface area contributed by atoms with Gasteiger partial charge in [0.1, 0.15) is 6.10 Å². The molecule has 128 valence electrons. The highest BCUT2D eigenvalue weighted by molar-refractivity contribution is 5.14. The van der Waals surface area contributed by atoms with Crippen LogP contribution in [0.15, 0.2) is 34.9 Å². The number of morpholine rings is 1. The van der Waals surface area contributed by atoms with E-state index in [1.54, 1.807) is 0 Å². The highest BCUT2D eigenvalue weighted by Gasteiger charge is 2.37. The SMILES string of the molecule is NC1(c2noc(C3CN(Cc4ccccc4)CCO3)n2)CCCC1. The van der Waals surface area contributed by atoms with Gasteiger partial charge in [0.15, 0.2) is 5.82 Å². The molecule has 1 aromatic carbocycles. The van der Waals surface area contributed by atoms with Gasteiger partial charge in [-0.1, -0.05) is 48.3 Å². The summed E-state index contributed by atoms with van der Waals surface area (Å²) >= 11 is 0. The Kier molecular flexibility index (Phi) is 4.35. The van der Waals surface area contributed by atoms with E-state index in [1.165, 1.54) is 5.56 Å². The van der Waals surface area contributed by atoms with Gasteiger partial charge in [0.05, 0.1) is 12.1 Å². The molecule has 1 atom stereocenters. The first-order valence-corrected chi connectivity index (χ1v) is 8.74. The molecule has 0 bridgehead atoms. The smallest absolute Gasteiger partial charge is 0.257 e. The molecule has 2 aromatic rings. The van der Waals surface area contributed by atoms with E-state index in [0.717, 1.165) is 45.3 Å². The fourth-order valence-corrected chi connectivity index (χ4v) is 3.63. The Morgan fingerprint density at radius 2 is 2.00 bits per heavy atom. The van der Waals surface area contributed by atoms with Crippen molar-refractivity contribution < 1.29 is 9.26 Å². The van der Waals surface area contributed by atoms with Crippen molar-refractivity contribution >= 4 is 0 Å². The van der Waals surface area contributed by atoms with Crippen LogP contribution in [-0.2, 0) is 16.8 Å². The van der Waals surface area contributed by atoms with Crippen molar-refractivity contribution in [3.8, 4) is 0 Å². The van der Waals surface area contributed by atoms with Gasteiger partial charge in [-0.3, -0.25) is 4.90 Å². The molecular formula is C18H24N4O2. The topological polar surface area (TPSA) is 77.4 Å². The van der Waals surface area contributed by atoms with E-state index in [0.29, 0.717) is 18.3 Å². The molecule has 1 saturated heterocycles. The Balaban J connectivity index is 1.43. The Morgan fingerprint density at radius 3 is 2.79 bits per heavy atom. The molecule has 6 heteroatoms. The maximum absolute atomic E-state index is 6.42. The molecule has 24 heavy (non-hydrogen) atoms. The molecule has 2 N–H and O–H groups in total. The number of nitrogens with two attached hydrogens (primary N) is 1. The minimum atomic E-state index is -0.417. The van der Waals surface area contributed by atoms with Crippen molar-refractivity contribution in [2.75, 3.05) is 19.7 Å². The van der Waals surface area contributed by atoms with Crippen LogP contribution in [0.5, 0.6) is 0 Å². The van der Waals surface area contributed by atoms with Gasteiger partial charge in [0, 0.05) is 19.6 Å². The first kappa shape index (κ1) is 15.7. The lowest BCUT2D eigenvalue weighted by Gasteiger charge is -2.31. The highest BCUT2D eigenvalue weighted by atomic mass is 16.5. The summed E-state index contributed by atoms with van der Waals surface area (Å²) in [6.45, 7) is 3.24. The van der Waals surface area contributed by atoms with Crippen LogP contribution >= 0.6 is 0 Å². The number of rotatable bonds is 4. The second kappa shape index (κ2) is 6.63. The summed E-state index contributed by atoms with van der Waals surface area (Å²) in [5, 5.41) is 4.14. The van der Waals surface area contributed by atoms with Crippen molar-refractivity contribution in [2.24, 2.45) is 5.73 Å². The van der Waals surface area contributed by atoms with Crippen molar-refractivity contribution in [1.29, 1.82) is 0 Å². The predicted octanol–water partition coefficient (Wildman–Crippen LogP) is 2.37. The summed E-state index contributed by atoms with van der Waals surface area (Å²) in [7, 11) is 0. The van der Waals surface area contributed by atoms with Crippen molar-refractivity contribution in [1.82, 2.24) is 15.0 Å². The van der Waals surface area contributed by atoms with Gasteiger partial charge in [-0.15, -0.1) is 0 Å². The second-order valence-corrected chi connectivity index (χ2v) is 6.90. The fraction of sp³-hybridized carbons (Fsp3) is 0.556. The fourth-order valence-electron chi connectivity index (χ4n) is 3.63. The molecule has 1 saturated carbocycles. The highest BCUT2D eigenvalue weighted by Crippen LogP contribution is 2.35. The Labute approximate surface area is 142 Å². The third-order valence-electron chi connectivity index (χ3n) is 5.06. The van der Waals surface area contributed by atoms with E-state index in [9.17, 15) is 0 Å². The predicted molar refractivity (Wildman–Crippen MR) is 89.0 cm³/mol. The monoisotopic (exact) mass is 328 g/mol. The molecule has 2 fully saturated rings. The molecular weight excluding hydrogens is 304 g/mol. The van der Waals surface area contributed by atoms with Crippen LogP contribution in [0.2, 0.25) is 0 Å². The van der Waals surface area contributed by atoms with Gasteiger partial charge in [-0.25, -0.2) is 0 Å². The molecule has 0 radical (unpaired) electrons. The van der Waals surface area contributed by atoms with E-state index in [-0.39, 0.29) is 6.10 Å². The molecule has 0 amide bonds. The molecule has 1 aromatic heterocycles. The minimum Gasteiger partial charge on any atom is -0.366 e. The van der Waals surface area contributed by atoms with Crippen molar-refractivity contribution in [3.63, 3.8) is 0 Å². The molecule has 6 nitrogen and oxygen atoms in total. The van der Waals surface area contributed by atoms with Gasteiger partial charge in [-0.2, -0.15) is 4.98 Å². The second-order valence-electron chi connectivity index (χ2n) is 6.90. The van der Waals surface area contributed by atoms with Gasteiger partial charge >= 0.3 is 0 Å². The quantitative estimate of drug-likeness (QED) is 0.928.